The Kier molecular flexibility index (Phi) is 7.46. The summed E-state index contributed by atoms with van der Waals surface area (Å²) in [7, 11) is 0. The van der Waals surface area contributed by atoms with Gasteiger partial charge in [-0.05, 0) is 95.1 Å². The number of para-hydroxylation sites is 2. The van der Waals surface area contributed by atoms with E-state index in [1.54, 1.807) is 0 Å². The Morgan fingerprint density at radius 1 is 0.304 bits per heavy atom. The van der Waals surface area contributed by atoms with Crippen molar-refractivity contribution in [3.63, 3.8) is 0 Å². The fourth-order valence-electron chi connectivity index (χ4n) is 8.31. The minimum absolute atomic E-state index is 0.939. The summed E-state index contributed by atoms with van der Waals surface area (Å²) < 4.78 is 4.66. The van der Waals surface area contributed by atoms with Crippen LogP contribution in [-0.2, 0) is 0 Å². The van der Waals surface area contributed by atoms with Crippen LogP contribution in [0.25, 0.3) is 99.9 Å². The SMILES string of the molecule is c1ccc(-c2cc(-c3ccc(-n4c5ccc(-c6ccc7c8ccccc8n(-c8ccccc8)c7c6)cc5c5cccnc54)cc3)cc(-c3ccccc3)n2)cc1. The molecule has 0 fully saturated rings. The summed E-state index contributed by atoms with van der Waals surface area (Å²) in [6.45, 7) is 0. The minimum Gasteiger partial charge on any atom is -0.309 e. The van der Waals surface area contributed by atoms with Crippen LogP contribution in [-0.4, -0.2) is 19.1 Å². The molecule has 0 saturated carbocycles. The van der Waals surface area contributed by atoms with Gasteiger partial charge in [-0.1, -0.05) is 127 Å². The van der Waals surface area contributed by atoms with E-state index in [2.05, 4.69) is 191 Å². The highest BCUT2D eigenvalue weighted by Crippen LogP contribution is 2.38. The van der Waals surface area contributed by atoms with Crippen LogP contribution in [0.4, 0.5) is 0 Å². The van der Waals surface area contributed by atoms with E-state index in [4.69, 9.17) is 9.97 Å². The van der Waals surface area contributed by atoms with E-state index >= 15 is 0 Å². The average Bonchev–Trinajstić information content (AvgIpc) is 3.79. The van der Waals surface area contributed by atoms with E-state index in [9.17, 15) is 0 Å². The van der Waals surface area contributed by atoms with Gasteiger partial charge >= 0.3 is 0 Å². The van der Waals surface area contributed by atoms with Crippen LogP contribution >= 0.6 is 0 Å². The van der Waals surface area contributed by atoms with E-state index in [1.807, 2.05) is 24.4 Å². The molecule has 0 aliphatic rings. The molecule has 4 aromatic heterocycles. The third-order valence-electron chi connectivity index (χ3n) is 11.0. The molecule has 0 radical (unpaired) electrons. The topological polar surface area (TPSA) is 35.6 Å². The van der Waals surface area contributed by atoms with Gasteiger partial charge in [-0.15, -0.1) is 0 Å². The Balaban J connectivity index is 1.02. The van der Waals surface area contributed by atoms with E-state index in [0.29, 0.717) is 0 Å². The summed E-state index contributed by atoms with van der Waals surface area (Å²) >= 11 is 0. The smallest absolute Gasteiger partial charge is 0.145 e. The fourth-order valence-corrected chi connectivity index (χ4v) is 8.31. The second kappa shape index (κ2) is 13.1. The lowest BCUT2D eigenvalue weighted by Crippen LogP contribution is -1.96. The molecule has 4 heterocycles. The highest BCUT2D eigenvalue weighted by molar-refractivity contribution is 6.12. The molecule has 0 saturated heterocycles. The maximum Gasteiger partial charge on any atom is 0.145 e. The molecule has 0 N–H and O–H groups in total. The van der Waals surface area contributed by atoms with Crippen molar-refractivity contribution in [2.75, 3.05) is 0 Å². The summed E-state index contributed by atoms with van der Waals surface area (Å²) in [6.07, 6.45) is 1.89. The summed E-state index contributed by atoms with van der Waals surface area (Å²) in [6, 6.07) is 71.3. The molecule has 0 aliphatic heterocycles. The van der Waals surface area contributed by atoms with Gasteiger partial charge in [0.1, 0.15) is 5.65 Å². The van der Waals surface area contributed by atoms with E-state index in [0.717, 1.165) is 61.6 Å². The standard InChI is InChI=1S/C52H34N4/c1-4-13-36(14-5-1)47-32-40(33-48(54-47)37-15-6-2-7-16-37)35-22-26-42(27-23-35)56-50-29-25-38(31-46(50)45-20-12-30-53-52(45)56)39-24-28-44-43-19-10-11-21-49(43)55(51(44)34-39)41-17-8-3-9-18-41/h1-34H. The lowest BCUT2D eigenvalue weighted by Gasteiger charge is -2.12. The summed E-state index contributed by atoms with van der Waals surface area (Å²) in [5.41, 5.74) is 15.4. The van der Waals surface area contributed by atoms with Crippen molar-refractivity contribution in [2.45, 2.75) is 0 Å². The predicted octanol–water partition coefficient (Wildman–Crippen LogP) is 13.3. The fraction of sp³-hybridized carbons (Fsp3) is 0. The molecule has 4 nitrogen and oxygen atoms in total. The number of fused-ring (bicyclic) bond motifs is 6. The van der Waals surface area contributed by atoms with Gasteiger partial charge < -0.3 is 4.57 Å². The number of nitrogens with zero attached hydrogens (tertiary/aromatic N) is 4. The number of hydrogen-bond acceptors (Lipinski definition) is 2. The van der Waals surface area contributed by atoms with Crippen molar-refractivity contribution < 1.29 is 0 Å². The third kappa shape index (κ3) is 5.31. The maximum atomic E-state index is 5.08. The molecule has 56 heavy (non-hydrogen) atoms. The first-order chi connectivity index (χ1) is 27.8. The van der Waals surface area contributed by atoms with Crippen LogP contribution in [0.15, 0.2) is 206 Å². The predicted molar refractivity (Wildman–Crippen MR) is 232 cm³/mol. The molecule has 0 atom stereocenters. The van der Waals surface area contributed by atoms with Crippen molar-refractivity contribution in [2.24, 2.45) is 0 Å². The summed E-state index contributed by atoms with van der Waals surface area (Å²) in [5, 5.41) is 4.80. The molecule has 11 aromatic rings. The Morgan fingerprint density at radius 3 is 1.59 bits per heavy atom. The minimum atomic E-state index is 0.939. The van der Waals surface area contributed by atoms with Crippen LogP contribution in [0.5, 0.6) is 0 Å². The molecule has 0 amide bonds. The van der Waals surface area contributed by atoms with Gasteiger partial charge in [0.25, 0.3) is 0 Å². The molecule has 0 bridgehead atoms. The number of pyridine rings is 2. The monoisotopic (exact) mass is 714 g/mol. The van der Waals surface area contributed by atoms with Gasteiger partial charge in [-0.2, -0.15) is 0 Å². The quantitative estimate of drug-likeness (QED) is 0.172. The van der Waals surface area contributed by atoms with Gasteiger partial charge in [0, 0.05) is 50.2 Å². The van der Waals surface area contributed by atoms with E-state index < -0.39 is 0 Å². The van der Waals surface area contributed by atoms with Crippen LogP contribution in [0.2, 0.25) is 0 Å². The van der Waals surface area contributed by atoms with Crippen LogP contribution in [0.3, 0.4) is 0 Å². The zero-order chi connectivity index (χ0) is 37.0. The largest absolute Gasteiger partial charge is 0.309 e. The number of benzene rings is 7. The second-order valence-electron chi connectivity index (χ2n) is 14.3. The highest BCUT2D eigenvalue weighted by atomic mass is 15.0. The zero-order valence-corrected chi connectivity index (χ0v) is 30.4. The van der Waals surface area contributed by atoms with Crippen molar-refractivity contribution in [1.82, 2.24) is 19.1 Å². The normalized spacial score (nSPS) is 11.6. The number of hydrogen-bond donors (Lipinski definition) is 0. The van der Waals surface area contributed by atoms with Crippen molar-refractivity contribution in [3.8, 4) is 56.1 Å². The Hall–Kier alpha value is -7.56. The third-order valence-corrected chi connectivity index (χ3v) is 11.0. The molecular weight excluding hydrogens is 681 g/mol. The van der Waals surface area contributed by atoms with Crippen molar-refractivity contribution in [3.05, 3.63) is 206 Å². The van der Waals surface area contributed by atoms with Gasteiger partial charge in [0.2, 0.25) is 0 Å². The van der Waals surface area contributed by atoms with Gasteiger partial charge in [-0.25, -0.2) is 9.97 Å². The van der Waals surface area contributed by atoms with E-state index in [-0.39, 0.29) is 0 Å². The van der Waals surface area contributed by atoms with Gasteiger partial charge in [0.05, 0.1) is 27.9 Å². The number of rotatable bonds is 6. The molecule has 0 unspecified atom stereocenters. The highest BCUT2D eigenvalue weighted by Gasteiger charge is 2.17. The molecular formula is C52H34N4. The van der Waals surface area contributed by atoms with Gasteiger partial charge in [0.15, 0.2) is 0 Å². The molecule has 0 spiro atoms. The Morgan fingerprint density at radius 2 is 0.857 bits per heavy atom. The average molecular weight is 715 g/mol. The molecule has 262 valence electrons. The Labute approximate surface area is 324 Å². The van der Waals surface area contributed by atoms with Crippen molar-refractivity contribution in [1.29, 1.82) is 0 Å². The van der Waals surface area contributed by atoms with Crippen LogP contribution < -0.4 is 0 Å². The maximum absolute atomic E-state index is 5.08. The lowest BCUT2D eigenvalue weighted by molar-refractivity contribution is 1.14. The van der Waals surface area contributed by atoms with Gasteiger partial charge in [-0.3, -0.25) is 4.57 Å². The molecule has 7 aromatic carbocycles. The molecule has 0 aliphatic carbocycles. The summed E-state index contributed by atoms with van der Waals surface area (Å²) in [4.78, 5) is 10.0. The number of aromatic nitrogens is 4. The second-order valence-corrected chi connectivity index (χ2v) is 14.3. The Bertz CT molecular complexity index is 3160. The van der Waals surface area contributed by atoms with Crippen molar-refractivity contribution >= 4 is 43.7 Å². The van der Waals surface area contributed by atoms with Crippen LogP contribution in [0, 0.1) is 0 Å². The molecule has 4 heteroatoms. The van der Waals surface area contributed by atoms with Crippen LogP contribution in [0.1, 0.15) is 0 Å². The zero-order valence-electron chi connectivity index (χ0n) is 30.4. The summed E-state index contributed by atoms with van der Waals surface area (Å²) in [5.74, 6) is 0. The first-order valence-corrected chi connectivity index (χ1v) is 19.0. The lowest BCUT2D eigenvalue weighted by atomic mass is 9.99. The first kappa shape index (κ1) is 31.9. The first-order valence-electron chi connectivity index (χ1n) is 19.0. The van der Waals surface area contributed by atoms with E-state index in [1.165, 1.54) is 38.3 Å². The molecule has 11 rings (SSSR count).